The summed E-state index contributed by atoms with van der Waals surface area (Å²) >= 11 is 0. The second kappa shape index (κ2) is 7.52. The molecule has 1 atom stereocenters. The van der Waals surface area contributed by atoms with Crippen LogP contribution in [0, 0.1) is 0 Å². The fraction of sp³-hybridized carbons (Fsp3) is 0.350. The highest BCUT2D eigenvalue weighted by Crippen LogP contribution is 2.25. The SMILES string of the molecule is C[Si](C)(C)CCOCn1ccc2ccc(C(O)c3ccccn3)cc21. The van der Waals surface area contributed by atoms with Crippen LogP contribution in [0.25, 0.3) is 10.9 Å². The standard InChI is InChI=1S/C20H26N2O2Si/c1-25(2,3)13-12-24-15-22-11-9-16-7-8-17(14-19(16)22)20(23)18-6-4-5-10-21-18/h4-11,14,20,23H,12-13,15H2,1-3H3. The van der Waals surface area contributed by atoms with Crippen LogP contribution in [0.5, 0.6) is 0 Å². The third-order valence-electron chi connectivity index (χ3n) is 4.31. The van der Waals surface area contributed by atoms with Gasteiger partial charge in [-0.3, -0.25) is 4.98 Å². The lowest BCUT2D eigenvalue weighted by atomic mass is 10.0. The topological polar surface area (TPSA) is 47.3 Å². The number of pyridine rings is 1. The molecule has 0 aliphatic rings. The highest BCUT2D eigenvalue weighted by atomic mass is 28.3. The van der Waals surface area contributed by atoms with E-state index in [1.807, 2.05) is 42.6 Å². The Balaban J connectivity index is 1.75. The molecule has 132 valence electrons. The Labute approximate surface area is 150 Å². The molecule has 0 bridgehead atoms. The number of aliphatic hydroxyl groups excluding tert-OH is 1. The van der Waals surface area contributed by atoms with E-state index in [2.05, 4.69) is 35.3 Å². The third-order valence-corrected chi connectivity index (χ3v) is 6.01. The molecule has 0 aliphatic heterocycles. The van der Waals surface area contributed by atoms with Crippen molar-refractivity contribution in [3.63, 3.8) is 0 Å². The first kappa shape index (κ1) is 17.9. The van der Waals surface area contributed by atoms with Gasteiger partial charge in [0.15, 0.2) is 0 Å². The van der Waals surface area contributed by atoms with Crippen LogP contribution in [0.2, 0.25) is 25.7 Å². The van der Waals surface area contributed by atoms with Crippen LogP contribution >= 0.6 is 0 Å². The van der Waals surface area contributed by atoms with Gasteiger partial charge in [-0.15, -0.1) is 0 Å². The molecular weight excluding hydrogens is 328 g/mol. The highest BCUT2D eigenvalue weighted by molar-refractivity contribution is 6.76. The van der Waals surface area contributed by atoms with Crippen molar-refractivity contribution in [2.24, 2.45) is 0 Å². The van der Waals surface area contributed by atoms with E-state index >= 15 is 0 Å². The molecule has 5 heteroatoms. The lowest BCUT2D eigenvalue weighted by Gasteiger charge is -2.16. The van der Waals surface area contributed by atoms with Crippen molar-refractivity contribution >= 4 is 19.0 Å². The molecule has 0 spiro atoms. The molecule has 4 nitrogen and oxygen atoms in total. The van der Waals surface area contributed by atoms with E-state index in [-0.39, 0.29) is 0 Å². The molecule has 3 aromatic rings. The predicted molar refractivity (Wildman–Crippen MR) is 104 cm³/mol. The molecule has 0 amide bonds. The van der Waals surface area contributed by atoms with Crippen LogP contribution in [0.3, 0.4) is 0 Å². The fourth-order valence-corrected chi connectivity index (χ4v) is 3.49. The molecule has 2 aromatic heterocycles. The van der Waals surface area contributed by atoms with E-state index in [9.17, 15) is 5.11 Å². The number of benzene rings is 1. The monoisotopic (exact) mass is 354 g/mol. The highest BCUT2D eigenvalue weighted by Gasteiger charge is 2.14. The van der Waals surface area contributed by atoms with Gasteiger partial charge in [-0.1, -0.05) is 37.8 Å². The van der Waals surface area contributed by atoms with Crippen LogP contribution in [0.1, 0.15) is 17.4 Å². The summed E-state index contributed by atoms with van der Waals surface area (Å²) in [6.07, 6.45) is 3.02. The number of rotatable bonds is 7. The first-order chi connectivity index (χ1) is 11.9. The summed E-state index contributed by atoms with van der Waals surface area (Å²) in [6, 6.07) is 14.8. The molecule has 25 heavy (non-hydrogen) atoms. The van der Waals surface area contributed by atoms with Crippen LogP contribution in [-0.2, 0) is 11.5 Å². The second-order valence-electron chi connectivity index (χ2n) is 7.61. The van der Waals surface area contributed by atoms with Gasteiger partial charge < -0.3 is 14.4 Å². The Morgan fingerprint density at radius 2 is 2.00 bits per heavy atom. The maximum atomic E-state index is 10.6. The minimum absolute atomic E-state index is 0.539. The Morgan fingerprint density at radius 1 is 1.16 bits per heavy atom. The minimum Gasteiger partial charge on any atom is -0.382 e. The van der Waals surface area contributed by atoms with Gasteiger partial charge in [0.1, 0.15) is 12.8 Å². The summed E-state index contributed by atoms with van der Waals surface area (Å²) in [4.78, 5) is 4.25. The number of aliphatic hydroxyl groups is 1. The third kappa shape index (κ3) is 4.57. The molecule has 0 aliphatic carbocycles. The molecule has 0 saturated carbocycles. The predicted octanol–water partition coefficient (Wildman–Crippen LogP) is 4.43. The van der Waals surface area contributed by atoms with E-state index in [0.29, 0.717) is 12.4 Å². The fourth-order valence-electron chi connectivity index (χ4n) is 2.73. The lowest BCUT2D eigenvalue weighted by molar-refractivity contribution is 0.0902. The molecule has 1 unspecified atom stereocenters. The van der Waals surface area contributed by atoms with E-state index < -0.39 is 14.2 Å². The Bertz CT molecular complexity index is 825. The molecule has 0 fully saturated rings. The number of nitrogens with zero attached hydrogens (tertiary/aromatic N) is 2. The minimum atomic E-state index is -1.07. The summed E-state index contributed by atoms with van der Waals surface area (Å²) in [5, 5.41) is 11.7. The van der Waals surface area contributed by atoms with E-state index in [0.717, 1.165) is 29.1 Å². The largest absolute Gasteiger partial charge is 0.382 e. The number of hydrogen-bond acceptors (Lipinski definition) is 3. The average molecular weight is 355 g/mol. The Hall–Kier alpha value is -1.95. The van der Waals surface area contributed by atoms with Crippen molar-refractivity contribution < 1.29 is 9.84 Å². The average Bonchev–Trinajstić information content (AvgIpc) is 3.00. The number of aromatic nitrogens is 2. The zero-order chi connectivity index (χ0) is 17.9. The van der Waals surface area contributed by atoms with E-state index in [1.165, 1.54) is 0 Å². The van der Waals surface area contributed by atoms with Crippen molar-refractivity contribution in [3.05, 3.63) is 66.1 Å². The second-order valence-corrected chi connectivity index (χ2v) is 13.2. The van der Waals surface area contributed by atoms with Gasteiger partial charge in [0.25, 0.3) is 0 Å². The summed E-state index contributed by atoms with van der Waals surface area (Å²) in [6.45, 7) is 8.40. The quantitative estimate of drug-likeness (QED) is 0.504. The van der Waals surface area contributed by atoms with Gasteiger partial charge in [0, 0.05) is 27.1 Å². The van der Waals surface area contributed by atoms with E-state index in [4.69, 9.17) is 4.74 Å². The molecule has 1 N–H and O–H groups in total. The summed E-state index contributed by atoms with van der Waals surface area (Å²) < 4.78 is 7.96. The molecule has 1 aromatic carbocycles. The molecular formula is C20H26N2O2Si. The summed E-state index contributed by atoms with van der Waals surface area (Å²) in [5.74, 6) is 0. The first-order valence-corrected chi connectivity index (χ1v) is 12.4. The van der Waals surface area contributed by atoms with Crippen molar-refractivity contribution in [3.8, 4) is 0 Å². The van der Waals surface area contributed by atoms with Gasteiger partial charge in [0.05, 0.1) is 11.2 Å². The smallest absolute Gasteiger partial charge is 0.122 e. The zero-order valence-corrected chi connectivity index (χ0v) is 16.1. The van der Waals surface area contributed by atoms with Gasteiger partial charge in [-0.2, -0.15) is 0 Å². The van der Waals surface area contributed by atoms with E-state index in [1.54, 1.807) is 6.20 Å². The van der Waals surface area contributed by atoms with Crippen LogP contribution in [-0.4, -0.2) is 29.3 Å². The normalized spacial score (nSPS) is 13.3. The zero-order valence-electron chi connectivity index (χ0n) is 15.1. The maximum Gasteiger partial charge on any atom is 0.122 e. The van der Waals surface area contributed by atoms with Crippen LogP contribution < -0.4 is 0 Å². The number of hydrogen-bond donors (Lipinski definition) is 1. The van der Waals surface area contributed by atoms with Crippen molar-refractivity contribution in [2.75, 3.05) is 6.61 Å². The van der Waals surface area contributed by atoms with Crippen molar-refractivity contribution in [2.45, 2.75) is 38.5 Å². The molecule has 0 saturated heterocycles. The van der Waals surface area contributed by atoms with Crippen molar-refractivity contribution in [1.82, 2.24) is 9.55 Å². The van der Waals surface area contributed by atoms with Crippen LogP contribution in [0.15, 0.2) is 54.9 Å². The molecule has 2 heterocycles. The molecule has 0 radical (unpaired) electrons. The van der Waals surface area contributed by atoms with Gasteiger partial charge >= 0.3 is 0 Å². The number of ether oxygens (including phenoxy) is 1. The number of fused-ring (bicyclic) bond motifs is 1. The van der Waals surface area contributed by atoms with Crippen LogP contribution in [0.4, 0.5) is 0 Å². The summed E-state index contributed by atoms with van der Waals surface area (Å²) in [5.41, 5.74) is 2.57. The first-order valence-electron chi connectivity index (χ1n) is 8.70. The summed E-state index contributed by atoms with van der Waals surface area (Å²) in [7, 11) is -1.07. The lowest BCUT2D eigenvalue weighted by Crippen LogP contribution is -2.21. The Morgan fingerprint density at radius 3 is 2.72 bits per heavy atom. The van der Waals surface area contributed by atoms with Gasteiger partial charge in [0.2, 0.25) is 0 Å². The van der Waals surface area contributed by atoms with Crippen molar-refractivity contribution in [1.29, 1.82) is 0 Å². The maximum absolute atomic E-state index is 10.6. The van der Waals surface area contributed by atoms with Gasteiger partial charge in [-0.05, 0) is 41.3 Å². The van der Waals surface area contributed by atoms with Gasteiger partial charge in [-0.25, -0.2) is 0 Å². The Kier molecular flexibility index (Phi) is 5.37. The molecule has 3 rings (SSSR count).